The zero-order chi connectivity index (χ0) is 14.5. The Morgan fingerprint density at radius 3 is 2.95 bits per heavy atom. The van der Waals surface area contributed by atoms with Crippen molar-refractivity contribution in [3.05, 3.63) is 23.2 Å². The summed E-state index contributed by atoms with van der Waals surface area (Å²) in [5, 5.41) is 0.586. The molecular formula is C15H20ClNO3. The molecule has 0 saturated carbocycles. The highest BCUT2D eigenvalue weighted by Gasteiger charge is 2.27. The van der Waals surface area contributed by atoms with Crippen LogP contribution in [0, 0.1) is 5.92 Å². The Hall–Kier alpha value is -1.42. The summed E-state index contributed by atoms with van der Waals surface area (Å²) in [4.78, 5) is 14.0. The minimum atomic E-state index is -0.100. The highest BCUT2D eigenvalue weighted by atomic mass is 35.5. The average Bonchev–Trinajstić information content (AvgIpc) is 2.47. The van der Waals surface area contributed by atoms with Crippen molar-refractivity contribution < 1.29 is 14.3 Å². The number of benzene rings is 1. The highest BCUT2D eigenvalue weighted by Crippen LogP contribution is 2.31. The van der Waals surface area contributed by atoms with E-state index in [1.54, 1.807) is 7.11 Å². The van der Waals surface area contributed by atoms with E-state index < -0.39 is 0 Å². The van der Waals surface area contributed by atoms with Crippen LogP contribution in [0.25, 0.3) is 0 Å². The van der Waals surface area contributed by atoms with E-state index in [1.165, 1.54) is 0 Å². The molecule has 1 aromatic rings. The Labute approximate surface area is 124 Å². The first-order valence-electron chi connectivity index (χ1n) is 6.90. The van der Waals surface area contributed by atoms with Gasteiger partial charge < -0.3 is 14.4 Å². The maximum Gasteiger partial charge on any atom is 0.310 e. The Morgan fingerprint density at radius 1 is 1.50 bits per heavy atom. The second-order valence-electron chi connectivity index (χ2n) is 4.86. The molecule has 1 aliphatic heterocycles. The quantitative estimate of drug-likeness (QED) is 0.801. The predicted octanol–water partition coefficient (Wildman–Crippen LogP) is 3.13. The van der Waals surface area contributed by atoms with Crippen molar-refractivity contribution in [1.29, 1.82) is 0 Å². The van der Waals surface area contributed by atoms with Crippen LogP contribution < -0.4 is 9.64 Å². The monoisotopic (exact) mass is 297 g/mol. The number of rotatable bonds is 4. The zero-order valence-electron chi connectivity index (χ0n) is 11.9. The number of hydrogen-bond donors (Lipinski definition) is 0. The van der Waals surface area contributed by atoms with Crippen molar-refractivity contribution in [3.63, 3.8) is 0 Å². The third kappa shape index (κ3) is 3.37. The summed E-state index contributed by atoms with van der Waals surface area (Å²) < 4.78 is 10.3. The van der Waals surface area contributed by atoms with E-state index in [4.69, 9.17) is 21.1 Å². The maximum atomic E-state index is 11.8. The smallest absolute Gasteiger partial charge is 0.310 e. The van der Waals surface area contributed by atoms with Gasteiger partial charge in [-0.1, -0.05) is 11.6 Å². The van der Waals surface area contributed by atoms with Gasteiger partial charge >= 0.3 is 5.97 Å². The number of methoxy groups -OCH3 is 1. The minimum Gasteiger partial charge on any atom is -0.495 e. The van der Waals surface area contributed by atoms with Crippen molar-refractivity contribution in [2.75, 3.05) is 31.7 Å². The van der Waals surface area contributed by atoms with Gasteiger partial charge in [-0.25, -0.2) is 0 Å². The number of carbonyl (C=O) groups is 1. The predicted molar refractivity (Wildman–Crippen MR) is 79.6 cm³/mol. The van der Waals surface area contributed by atoms with Crippen LogP contribution in [0.4, 0.5) is 5.69 Å². The van der Waals surface area contributed by atoms with Crippen molar-refractivity contribution in [3.8, 4) is 5.75 Å². The van der Waals surface area contributed by atoms with E-state index in [-0.39, 0.29) is 11.9 Å². The van der Waals surface area contributed by atoms with Gasteiger partial charge in [-0.15, -0.1) is 0 Å². The number of anilines is 1. The van der Waals surface area contributed by atoms with Crippen molar-refractivity contribution >= 4 is 23.3 Å². The van der Waals surface area contributed by atoms with Crippen LogP contribution in [0.15, 0.2) is 18.2 Å². The molecule has 1 atom stereocenters. The van der Waals surface area contributed by atoms with Crippen LogP contribution in [0.1, 0.15) is 19.8 Å². The molecule has 0 N–H and O–H groups in total. The molecule has 20 heavy (non-hydrogen) atoms. The summed E-state index contributed by atoms with van der Waals surface area (Å²) in [5.41, 5.74) is 1.02. The lowest BCUT2D eigenvalue weighted by Gasteiger charge is -2.33. The number of hydrogen-bond acceptors (Lipinski definition) is 4. The van der Waals surface area contributed by atoms with Crippen molar-refractivity contribution in [2.24, 2.45) is 5.92 Å². The van der Waals surface area contributed by atoms with Gasteiger partial charge in [-0.05, 0) is 38.0 Å². The van der Waals surface area contributed by atoms with Gasteiger partial charge in [-0.2, -0.15) is 0 Å². The second kappa shape index (κ2) is 6.84. The SMILES string of the molecule is CCOC(=O)C1CCCN(c2ccc(OC)c(Cl)c2)C1. The summed E-state index contributed by atoms with van der Waals surface area (Å²) in [5.74, 6) is 0.510. The molecule has 0 aromatic heterocycles. The largest absolute Gasteiger partial charge is 0.495 e. The topological polar surface area (TPSA) is 38.8 Å². The van der Waals surface area contributed by atoms with Crippen molar-refractivity contribution in [2.45, 2.75) is 19.8 Å². The molecule has 0 radical (unpaired) electrons. The molecule has 0 aliphatic carbocycles. The van der Waals surface area contributed by atoms with Crippen LogP contribution in [-0.2, 0) is 9.53 Å². The molecular weight excluding hydrogens is 278 g/mol. The Kier molecular flexibility index (Phi) is 5.12. The fourth-order valence-electron chi connectivity index (χ4n) is 2.52. The van der Waals surface area contributed by atoms with E-state index in [1.807, 2.05) is 25.1 Å². The first-order valence-corrected chi connectivity index (χ1v) is 7.28. The van der Waals surface area contributed by atoms with E-state index in [2.05, 4.69) is 4.90 Å². The lowest BCUT2D eigenvalue weighted by Crippen LogP contribution is -2.39. The summed E-state index contributed by atoms with van der Waals surface area (Å²) in [7, 11) is 1.60. The van der Waals surface area contributed by atoms with E-state index in [0.29, 0.717) is 23.9 Å². The van der Waals surface area contributed by atoms with Crippen molar-refractivity contribution in [1.82, 2.24) is 0 Å². The number of halogens is 1. The molecule has 4 nitrogen and oxygen atoms in total. The Balaban J connectivity index is 2.08. The lowest BCUT2D eigenvalue weighted by atomic mass is 9.97. The van der Waals surface area contributed by atoms with Gasteiger partial charge in [0.25, 0.3) is 0 Å². The van der Waals surface area contributed by atoms with Crippen LogP contribution in [0.2, 0.25) is 5.02 Å². The first kappa shape index (κ1) is 15.0. The number of ether oxygens (including phenoxy) is 2. The molecule has 2 rings (SSSR count). The maximum absolute atomic E-state index is 11.8. The normalized spacial score (nSPS) is 18.8. The molecule has 1 aromatic carbocycles. The van der Waals surface area contributed by atoms with Gasteiger partial charge in [-0.3, -0.25) is 4.79 Å². The first-order chi connectivity index (χ1) is 9.65. The summed E-state index contributed by atoms with van der Waals surface area (Å²) in [6.07, 6.45) is 1.87. The fourth-order valence-corrected chi connectivity index (χ4v) is 2.77. The molecule has 1 unspecified atom stereocenters. The standard InChI is InChI=1S/C15H20ClNO3/c1-3-20-15(18)11-5-4-8-17(10-11)12-6-7-14(19-2)13(16)9-12/h6-7,9,11H,3-5,8,10H2,1-2H3. The van der Waals surface area contributed by atoms with Crippen LogP contribution in [0.5, 0.6) is 5.75 Å². The number of esters is 1. The zero-order valence-corrected chi connectivity index (χ0v) is 12.7. The fraction of sp³-hybridized carbons (Fsp3) is 0.533. The highest BCUT2D eigenvalue weighted by molar-refractivity contribution is 6.32. The number of piperidine rings is 1. The molecule has 0 bridgehead atoms. The van der Waals surface area contributed by atoms with E-state index in [0.717, 1.165) is 25.1 Å². The van der Waals surface area contributed by atoms with Crippen LogP contribution in [0.3, 0.4) is 0 Å². The van der Waals surface area contributed by atoms with Gasteiger partial charge in [0, 0.05) is 18.8 Å². The number of nitrogens with zero attached hydrogens (tertiary/aromatic N) is 1. The molecule has 1 saturated heterocycles. The summed E-state index contributed by atoms with van der Waals surface area (Å²) in [6, 6.07) is 5.71. The van der Waals surface area contributed by atoms with Gasteiger partial charge in [0.15, 0.2) is 0 Å². The van der Waals surface area contributed by atoms with Gasteiger partial charge in [0.1, 0.15) is 5.75 Å². The van der Waals surface area contributed by atoms with E-state index >= 15 is 0 Å². The molecule has 110 valence electrons. The third-order valence-electron chi connectivity index (χ3n) is 3.54. The minimum absolute atomic E-state index is 0.0513. The lowest BCUT2D eigenvalue weighted by molar-refractivity contribution is -0.148. The molecule has 0 amide bonds. The molecule has 1 aliphatic rings. The Bertz CT molecular complexity index is 478. The molecule has 1 fully saturated rings. The Morgan fingerprint density at radius 2 is 2.30 bits per heavy atom. The second-order valence-corrected chi connectivity index (χ2v) is 5.26. The molecule has 5 heteroatoms. The van der Waals surface area contributed by atoms with E-state index in [9.17, 15) is 4.79 Å². The molecule has 1 heterocycles. The summed E-state index contributed by atoms with van der Waals surface area (Å²) in [6.45, 7) is 3.88. The van der Waals surface area contributed by atoms with Gasteiger partial charge in [0.2, 0.25) is 0 Å². The third-order valence-corrected chi connectivity index (χ3v) is 3.84. The molecule has 0 spiro atoms. The summed E-state index contributed by atoms with van der Waals surface area (Å²) >= 11 is 6.15. The average molecular weight is 298 g/mol. The van der Waals surface area contributed by atoms with Crippen LogP contribution in [-0.4, -0.2) is 32.8 Å². The van der Waals surface area contributed by atoms with Gasteiger partial charge in [0.05, 0.1) is 24.7 Å². The number of carbonyl (C=O) groups excluding carboxylic acids is 1. The van der Waals surface area contributed by atoms with Crippen LogP contribution >= 0.6 is 11.6 Å².